The molecule has 1 aromatic rings. The minimum absolute atomic E-state index is 0.0453. The molecule has 1 aliphatic rings. The van der Waals surface area contributed by atoms with Gasteiger partial charge in [0.1, 0.15) is 5.71 Å². The number of nitriles is 1. The van der Waals surface area contributed by atoms with Gasteiger partial charge in [-0.15, -0.1) is 0 Å². The molecule has 0 heterocycles. The van der Waals surface area contributed by atoms with E-state index in [-0.39, 0.29) is 24.2 Å². The molecule has 0 aliphatic heterocycles. The van der Waals surface area contributed by atoms with E-state index in [0.717, 1.165) is 0 Å². The number of esters is 1. The highest BCUT2D eigenvalue weighted by molar-refractivity contribution is 6.04. The number of nitrogens with zero attached hydrogens (tertiary/aromatic N) is 1. The highest BCUT2D eigenvalue weighted by Gasteiger charge is 2.53. The Morgan fingerprint density at radius 1 is 1.37 bits per heavy atom. The van der Waals surface area contributed by atoms with Gasteiger partial charge in [-0.1, -0.05) is 18.2 Å². The van der Waals surface area contributed by atoms with Gasteiger partial charge in [-0.05, 0) is 31.9 Å². The van der Waals surface area contributed by atoms with E-state index in [4.69, 9.17) is 15.4 Å². The lowest BCUT2D eigenvalue weighted by Gasteiger charge is -2.35. The van der Waals surface area contributed by atoms with Gasteiger partial charge in [0.25, 0.3) is 5.92 Å². The van der Waals surface area contributed by atoms with Crippen LogP contribution in [-0.2, 0) is 4.74 Å². The van der Waals surface area contributed by atoms with Crippen LogP contribution in [0.25, 0.3) is 0 Å². The molecule has 0 fully saturated rings. The van der Waals surface area contributed by atoms with Crippen molar-refractivity contribution in [3.63, 3.8) is 0 Å². The van der Waals surface area contributed by atoms with Crippen LogP contribution in [0.1, 0.15) is 36.5 Å². The number of hydrogen-bond donors (Lipinski definition) is 2. The normalized spacial score (nSPS) is 19.6. The predicted octanol–water partition coefficient (Wildman–Crippen LogP) is 4.62. The molecular weight excluding hydrogens is 409 g/mol. The maximum Gasteiger partial charge on any atom is 0.433 e. The second-order valence-corrected chi connectivity index (χ2v) is 6.92. The van der Waals surface area contributed by atoms with E-state index in [1.807, 2.05) is 6.07 Å². The first-order valence-electron chi connectivity index (χ1n) is 9.14. The van der Waals surface area contributed by atoms with Gasteiger partial charge in [-0.3, -0.25) is 5.41 Å². The predicted molar refractivity (Wildman–Crippen MR) is 98.0 cm³/mol. The maximum absolute atomic E-state index is 14.6. The van der Waals surface area contributed by atoms with E-state index in [2.05, 4.69) is 5.32 Å². The highest BCUT2D eigenvalue weighted by atomic mass is 19.4. The summed E-state index contributed by atoms with van der Waals surface area (Å²) in [6.07, 6.45) is -8.83. The maximum atomic E-state index is 14.6. The summed E-state index contributed by atoms with van der Waals surface area (Å²) >= 11 is 0. The van der Waals surface area contributed by atoms with Crippen molar-refractivity contribution >= 4 is 11.7 Å². The molecule has 0 bridgehead atoms. The molecule has 30 heavy (non-hydrogen) atoms. The fraction of sp³-hybridized carbons (Fsp3) is 0.450. The first kappa shape index (κ1) is 23.3. The summed E-state index contributed by atoms with van der Waals surface area (Å²) < 4.78 is 73.8. The third-order valence-electron chi connectivity index (χ3n) is 4.60. The lowest BCUT2D eigenvalue weighted by molar-refractivity contribution is -0.110. The summed E-state index contributed by atoms with van der Waals surface area (Å²) in [6, 6.07) is 9.00. The topological polar surface area (TPSA) is 86.0 Å². The van der Waals surface area contributed by atoms with Crippen molar-refractivity contribution in [2.45, 2.75) is 44.4 Å². The number of carbonyl (C=O) groups excluding carboxylic acids is 1. The van der Waals surface area contributed by atoms with Gasteiger partial charge >= 0.3 is 12.1 Å². The minimum Gasteiger partial charge on any atom is -0.447 e. The van der Waals surface area contributed by atoms with Crippen LogP contribution in [0.4, 0.5) is 22.0 Å². The number of rotatable bonds is 7. The fourth-order valence-corrected chi connectivity index (χ4v) is 2.94. The van der Waals surface area contributed by atoms with Gasteiger partial charge < -0.3 is 10.1 Å². The molecule has 1 aromatic carbocycles. The zero-order valence-corrected chi connectivity index (χ0v) is 16.0. The molecule has 1 aliphatic carbocycles. The molecule has 5 nitrogen and oxygen atoms in total. The van der Waals surface area contributed by atoms with Crippen LogP contribution >= 0.6 is 0 Å². The van der Waals surface area contributed by atoms with Crippen LogP contribution < -0.4 is 5.32 Å². The van der Waals surface area contributed by atoms with Crippen molar-refractivity contribution in [2.24, 2.45) is 5.92 Å². The van der Waals surface area contributed by atoms with Crippen molar-refractivity contribution in [1.82, 2.24) is 5.32 Å². The molecule has 2 rings (SSSR count). The summed E-state index contributed by atoms with van der Waals surface area (Å²) in [6.45, 7) is 1.65. The molecule has 2 atom stereocenters. The van der Waals surface area contributed by atoms with Gasteiger partial charge in [0.05, 0.1) is 11.6 Å². The Labute approximate surface area is 170 Å². The van der Waals surface area contributed by atoms with Gasteiger partial charge in [-0.2, -0.15) is 18.4 Å². The van der Waals surface area contributed by atoms with Crippen LogP contribution in [0.3, 0.4) is 0 Å². The fourth-order valence-electron chi connectivity index (χ4n) is 2.94. The second kappa shape index (κ2) is 9.24. The summed E-state index contributed by atoms with van der Waals surface area (Å²) in [5.41, 5.74) is -3.43. The summed E-state index contributed by atoms with van der Waals surface area (Å²) in [5.74, 6) is -5.41. The van der Waals surface area contributed by atoms with Crippen LogP contribution in [0.5, 0.6) is 0 Å². The Kier molecular flexibility index (Phi) is 7.18. The average Bonchev–Trinajstić information content (AvgIpc) is 2.69. The lowest BCUT2D eigenvalue weighted by atomic mass is 9.86. The largest absolute Gasteiger partial charge is 0.447 e. The van der Waals surface area contributed by atoms with E-state index in [0.29, 0.717) is 0 Å². The van der Waals surface area contributed by atoms with E-state index in [1.54, 1.807) is 13.0 Å². The van der Waals surface area contributed by atoms with E-state index in [9.17, 15) is 26.7 Å². The first-order chi connectivity index (χ1) is 14.0. The Morgan fingerprint density at radius 2 is 2.00 bits per heavy atom. The molecule has 0 saturated heterocycles. The van der Waals surface area contributed by atoms with Crippen molar-refractivity contribution in [3.8, 4) is 6.07 Å². The molecule has 0 spiro atoms. The Morgan fingerprint density at radius 3 is 2.57 bits per heavy atom. The minimum atomic E-state index is -5.22. The Bertz CT molecular complexity index is 859. The third kappa shape index (κ3) is 5.55. The average molecular weight is 429 g/mol. The second-order valence-electron chi connectivity index (χ2n) is 6.92. The number of allylic oxidation sites excluding steroid dienone is 1. The highest BCUT2D eigenvalue weighted by Crippen LogP contribution is 2.41. The van der Waals surface area contributed by atoms with Crippen molar-refractivity contribution in [2.75, 3.05) is 6.54 Å². The molecule has 0 aromatic heterocycles. The number of nitrogens with one attached hydrogen (secondary N) is 2. The molecule has 0 unspecified atom stereocenters. The van der Waals surface area contributed by atoms with Gasteiger partial charge in [0.2, 0.25) is 0 Å². The summed E-state index contributed by atoms with van der Waals surface area (Å²) in [5, 5.41) is 18.9. The number of alkyl halides is 5. The number of halogens is 5. The van der Waals surface area contributed by atoms with Crippen LogP contribution in [-0.4, -0.2) is 36.4 Å². The van der Waals surface area contributed by atoms with Crippen LogP contribution in [0.15, 0.2) is 41.6 Å². The number of benzene rings is 1. The van der Waals surface area contributed by atoms with Crippen molar-refractivity contribution < 1.29 is 31.5 Å². The SMILES string of the molecule is C[C@@H](C#N)CCNC1=C(C(=N)C(F)(F)F)[C@H](OC(=O)c2ccccc2)C(F)(F)CC1. The monoisotopic (exact) mass is 429 g/mol. The quantitative estimate of drug-likeness (QED) is 0.376. The smallest absolute Gasteiger partial charge is 0.433 e. The number of hydrogen-bond acceptors (Lipinski definition) is 5. The van der Waals surface area contributed by atoms with Gasteiger partial charge in [0.15, 0.2) is 6.10 Å². The molecule has 10 heteroatoms. The van der Waals surface area contributed by atoms with Crippen LogP contribution in [0, 0.1) is 22.7 Å². The van der Waals surface area contributed by atoms with E-state index >= 15 is 0 Å². The van der Waals surface area contributed by atoms with E-state index < -0.39 is 54.2 Å². The molecular formula is C20H20F5N3O2. The zero-order valence-electron chi connectivity index (χ0n) is 16.0. The first-order valence-corrected chi connectivity index (χ1v) is 9.14. The molecule has 162 valence electrons. The third-order valence-corrected chi connectivity index (χ3v) is 4.60. The number of ether oxygens (including phenoxy) is 1. The Hall–Kier alpha value is -2.96. The van der Waals surface area contributed by atoms with Crippen LogP contribution in [0.2, 0.25) is 0 Å². The Balaban J connectivity index is 2.42. The van der Waals surface area contributed by atoms with Gasteiger partial charge in [-0.25, -0.2) is 13.6 Å². The summed E-state index contributed by atoms with van der Waals surface area (Å²) in [7, 11) is 0. The van der Waals surface area contributed by atoms with Gasteiger partial charge in [0, 0.05) is 30.2 Å². The molecule has 0 amide bonds. The standard InChI is InChI=1S/C20H20F5N3O2/c1-12(11-26)8-10-28-14-7-9-19(21,22)17(15(14)16(27)20(23,24)25)30-18(29)13-5-3-2-4-6-13/h2-6,12,17,27-28H,7-10H2,1H3/t12-,17+/m1/s1. The molecule has 0 saturated carbocycles. The summed E-state index contributed by atoms with van der Waals surface area (Å²) in [4.78, 5) is 12.3. The number of carbonyl (C=O) groups is 1. The van der Waals surface area contributed by atoms with Crippen molar-refractivity contribution in [1.29, 1.82) is 10.7 Å². The van der Waals surface area contributed by atoms with Crippen molar-refractivity contribution in [3.05, 3.63) is 47.2 Å². The molecule has 2 N–H and O–H groups in total. The molecule has 0 radical (unpaired) electrons. The lowest BCUT2D eigenvalue weighted by Crippen LogP contribution is -2.48. The van der Waals surface area contributed by atoms with E-state index in [1.165, 1.54) is 24.3 Å². The zero-order chi connectivity index (χ0) is 22.5.